The van der Waals surface area contributed by atoms with E-state index in [0.717, 1.165) is 11.1 Å². The number of urea groups is 1. The first kappa shape index (κ1) is 28.3. The van der Waals surface area contributed by atoms with Crippen LogP contribution in [-0.2, 0) is 4.79 Å². The van der Waals surface area contributed by atoms with Gasteiger partial charge in [-0.1, -0.05) is 47.5 Å². The highest BCUT2D eigenvalue weighted by Gasteiger charge is 2.43. The molecule has 39 heavy (non-hydrogen) atoms. The van der Waals surface area contributed by atoms with Crippen LogP contribution in [0.5, 0.6) is 11.5 Å². The van der Waals surface area contributed by atoms with Crippen LogP contribution in [0.1, 0.15) is 49.0 Å². The monoisotopic (exact) mass is 569 g/mol. The first-order valence-corrected chi connectivity index (χ1v) is 13.2. The number of aliphatic imine (C=N–C) groups is 1. The molecule has 2 N–H and O–H groups in total. The molecule has 0 bridgehead atoms. The van der Waals surface area contributed by atoms with Gasteiger partial charge in [-0.25, -0.2) is 4.79 Å². The van der Waals surface area contributed by atoms with Crippen molar-refractivity contribution in [2.45, 2.75) is 38.5 Å². The first-order valence-electron chi connectivity index (χ1n) is 12.4. The number of rotatable bonds is 9. The average Bonchev–Trinajstić information content (AvgIpc) is 3.29. The largest absolute Gasteiger partial charge is 0.497 e. The normalized spacial score (nSPS) is 16.7. The van der Waals surface area contributed by atoms with Gasteiger partial charge in [0.15, 0.2) is 0 Å². The predicted octanol–water partition coefficient (Wildman–Crippen LogP) is 6.52. The fourth-order valence-electron chi connectivity index (χ4n) is 4.39. The van der Waals surface area contributed by atoms with Crippen LogP contribution in [0.2, 0.25) is 10.0 Å². The van der Waals surface area contributed by atoms with Gasteiger partial charge in [0.25, 0.3) is 0 Å². The third-order valence-corrected chi connectivity index (χ3v) is 6.62. The molecule has 1 heterocycles. The number of aliphatic carboxylic acids is 1. The number of methoxy groups -OCH3 is 1. The highest BCUT2D eigenvalue weighted by molar-refractivity contribution is 6.30. The van der Waals surface area contributed by atoms with E-state index in [4.69, 9.17) is 42.8 Å². The summed E-state index contributed by atoms with van der Waals surface area (Å²) >= 11 is 12.4. The van der Waals surface area contributed by atoms with E-state index in [0.29, 0.717) is 32.9 Å². The van der Waals surface area contributed by atoms with Crippen molar-refractivity contribution >= 4 is 41.0 Å². The molecule has 2 amide bonds. The molecule has 0 aliphatic carbocycles. The van der Waals surface area contributed by atoms with Gasteiger partial charge in [0.1, 0.15) is 23.4 Å². The molecule has 0 radical (unpaired) electrons. The van der Waals surface area contributed by atoms with Gasteiger partial charge < -0.3 is 19.9 Å². The van der Waals surface area contributed by atoms with E-state index in [1.165, 1.54) is 0 Å². The van der Waals surface area contributed by atoms with E-state index in [-0.39, 0.29) is 19.1 Å². The number of nitrogens with zero attached hydrogens (tertiary/aromatic N) is 2. The molecule has 3 aromatic rings. The van der Waals surface area contributed by atoms with E-state index in [1.54, 1.807) is 54.5 Å². The summed E-state index contributed by atoms with van der Waals surface area (Å²) in [7, 11) is 1.57. The number of hydrogen-bond donors (Lipinski definition) is 2. The van der Waals surface area contributed by atoms with Crippen molar-refractivity contribution in [1.29, 1.82) is 0 Å². The lowest BCUT2D eigenvalue weighted by atomic mass is 9.94. The van der Waals surface area contributed by atoms with Crippen LogP contribution in [0, 0.1) is 0 Å². The third kappa shape index (κ3) is 6.64. The molecule has 0 unspecified atom stereocenters. The van der Waals surface area contributed by atoms with Crippen molar-refractivity contribution in [1.82, 2.24) is 10.2 Å². The van der Waals surface area contributed by atoms with Crippen LogP contribution in [0.3, 0.4) is 0 Å². The van der Waals surface area contributed by atoms with Crippen LogP contribution >= 0.6 is 23.2 Å². The number of carboxylic acids is 1. The van der Waals surface area contributed by atoms with Crippen LogP contribution in [-0.4, -0.2) is 47.6 Å². The molecule has 3 aromatic carbocycles. The number of hydrogen-bond acceptors (Lipinski definition) is 5. The lowest BCUT2D eigenvalue weighted by molar-refractivity contribution is -0.136. The van der Waals surface area contributed by atoms with E-state index < -0.39 is 24.1 Å². The zero-order chi connectivity index (χ0) is 28.1. The zero-order valence-corrected chi connectivity index (χ0v) is 23.2. The second-order valence-corrected chi connectivity index (χ2v) is 10.1. The molecular formula is C29H29Cl2N3O5. The van der Waals surface area contributed by atoms with Gasteiger partial charge in [-0.05, 0) is 61.4 Å². The molecule has 2 atom stereocenters. The zero-order valence-electron chi connectivity index (χ0n) is 21.7. The SMILES string of the molecule is COc1ccc(C2=N[C@H](c3ccc(Cl)cc3)[C@H](c3ccc(Cl)cc3)N2C(=O)NCCC(=O)O)c(OC(C)C)c1. The maximum atomic E-state index is 13.8. The summed E-state index contributed by atoms with van der Waals surface area (Å²) in [6.45, 7) is 3.76. The molecule has 1 aliphatic rings. The Labute approximate surface area is 237 Å². The molecule has 204 valence electrons. The van der Waals surface area contributed by atoms with Crippen molar-refractivity contribution in [3.63, 3.8) is 0 Å². The Morgan fingerprint density at radius 2 is 1.62 bits per heavy atom. The second-order valence-electron chi connectivity index (χ2n) is 9.22. The fraction of sp³-hybridized carbons (Fsp3) is 0.276. The van der Waals surface area contributed by atoms with Crippen molar-refractivity contribution in [2.75, 3.05) is 13.7 Å². The number of halogens is 2. The Hall–Kier alpha value is -3.75. The lowest BCUT2D eigenvalue weighted by Gasteiger charge is -2.30. The van der Waals surface area contributed by atoms with Crippen molar-refractivity contribution in [3.05, 3.63) is 93.5 Å². The Kier molecular flexibility index (Phi) is 8.99. The maximum Gasteiger partial charge on any atom is 0.323 e. The summed E-state index contributed by atoms with van der Waals surface area (Å²) in [6, 6.07) is 18.3. The van der Waals surface area contributed by atoms with Crippen LogP contribution in [0.25, 0.3) is 0 Å². The first-order chi connectivity index (χ1) is 18.7. The number of nitrogens with one attached hydrogen (secondary N) is 1. The van der Waals surface area contributed by atoms with Gasteiger partial charge in [0.2, 0.25) is 0 Å². The van der Waals surface area contributed by atoms with Crippen molar-refractivity contribution in [2.24, 2.45) is 4.99 Å². The topological polar surface area (TPSA) is 100 Å². The smallest absolute Gasteiger partial charge is 0.323 e. The molecule has 0 fully saturated rings. The molecule has 0 spiro atoms. The van der Waals surface area contributed by atoms with Crippen molar-refractivity contribution < 1.29 is 24.2 Å². The predicted molar refractivity (Wildman–Crippen MR) is 151 cm³/mol. The van der Waals surface area contributed by atoms with Gasteiger partial charge >= 0.3 is 12.0 Å². The molecular weight excluding hydrogens is 541 g/mol. The molecule has 1 aliphatic heterocycles. The standard InChI is InChI=1S/C29H29Cl2N3O5/c1-17(2)39-24-16-22(38-3)12-13-23(24)28-33-26(18-4-8-20(30)9-5-18)27(19-6-10-21(31)11-7-19)34(28)29(37)32-15-14-25(35)36/h4-13,16-17,26-27H,14-15H2,1-3H3,(H,32,37)(H,35,36)/t26-,27+/m1/s1. The Balaban J connectivity index is 1.89. The third-order valence-electron chi connectivity index (χ3n) is 6.12. The number of amidine groups is 1. The minimum atomic E-state index is -1.01. The molecule has 0 saturated heterocycles. The van der Waals surface area contributed by atoms with E-state index in [1.807, 2.05) is 38.1 Å². The maximum absolute atomic E-state index is 13.8. The summed E-state index contributed by atoms with van der Waals surface area (Å²) < 4.78 is 11.5. The highest BCUT2D eigenvalue weighted by atomic mass is 35.5. The van der Waals surface area contributed by atoms with Gasteiger partial charge in [0.05, 0.1) is 31.2 Å². The van der Waals surface area contributed by atoms with Gasteiger partial charge in [-0.15, -0.1) is 0 Å². The minimum absolute atomic E-state index is 0.0468. The van der Waals surface area contributed by atoms with Crippen LogP contribution in [0.15, 0.2) is 71.7 Å². The molecule has 8 nitrogen and oxygen atoms in total. The Bertz CT molecular complexity index is 1360. The van der Waals surface area contributed by atoms with Crippen LogP contribution < -0.4 is 14.8 Å². The van der Waals surface area contributed by atoms with Gasteiger partial charge in [-0.2, -0.15) is 0 Å². The summed E-state index contributed by atoms with van der Waals surface area (Å²) in [4.78, 5) is 31.5. The fourth-order valence-corrected chi connectivity index (χ4v) is 4.65. The summed E-state index contributed by atoms with van der Waals surface area (Å²) in [5.41, 5.74) is 2.23. The Morgan fingerprint density at radius 1 is 1.00 bits per heavy atom. The minimum Gasteiger partial charge on any atom is -0.497 e. The lowest BCUT2D eigenvalue weighted by Crippen LogP contribution is -2.45. The quantitative estimate of drug-likeness (QED) is 0.305. The van der Waals surface area contributed by atoms with E-state index in [2.05, 4.69) is 5.32 Å². The van der Waals surface area contributed by atoms with E-state index in [9.17, 15) is 9.59 Å². The Morgan fingerprint density at radius 3 is 2.18 bits per heavy atom. The summed E-state index contributed by atoms with van der Waals surface area (Å²) in [5, 5.41) is 13.0. The number of carboxylic acid groups (broad SMARTS) is 1. The number of carbonyl (C=O) groups excluding carboxylic acids is 1. The average molecular weight is 570 g/mol. The number of amides is 2. The van der Waals surface area contributed by atoms with Gasteiger partial charge in [-0.3, -0.25) is 14.7 Å². The molecule has 0 aromatic heterocycles. The molecule has 0 saturated carbocycles. The number of benzene rings is 3. The number of ether oxygens (including phenoxy) is 2. The summed E-state index contributed by atoms with van der Waals surface area (Å²) in [5.74, 6) is 0.453. The summed E-state index contributed by atoms with van der Waals surface area (Å²) in [6.07, 6.45) is -0.377. The number of carbonyl (C=O) groups is 2. The van der Waals surface area contributed by atoms with Gasteiger partial charge in [0, 0.05) is 22.7 Å². The van der Waals surface area contributed by atoms with E-state index >= 15 is 0 Å². The molecule has 10 heteroatoms. The second kappa shape index (κ2) is 12.4. The van der Waals surface area contributed by atoms with Crippen molar-refractivity contribution in [3.8, 4) is 11.5 Å². The highest BCUT2D eigenvalue weighted by Crippen LogP contribution is 2.45. The van der Waals surface area contributed by atoms with Crippen LogP contribution in [0.4, 0.5) is 4.79 Å². The molecule has 4 rings (SSSR count).